The van der Waals surface area contributed by atoms with E-state index >= 15 is 0 Å². The van der Waals surface area contributed by atoms with Gasteiger partial charge in [0.25, 0.3) is 0 Å². The number of hydrogen-bond donors (Lipinski definition) is 0. The largest absolute Gasteiger partial charge is 0.0654 e. The Balaban J connectivity index is 0.000000322. The van der Waals surface area contributed by atoms with E-state index in [1.54, 1.807) is 31.4 Å². The minimum Gasteiger partial charge on any atom is -0.0654 e. The van der Waals surface area contributed by atoms with Gasteiger partial charge in [0.1, 0.15) is 0 Å². The molecule has 0 nitrogen and oxygen atoms in total. The van der Waals surface area contributed by atoms with Gasteiger partial charge in [-0.05, 0) is 20.6 Å². The van der Waals surface area contributed by atoms with Crippen molar-refractivity contribution in [3.8, 4) is 0 Å². The van der Waals surface area contributed by atoms with Crippen LogP contribution < -0.4 is 0 Å². The van der Waals surface area contributed by atoms with Crippen LogP contribution in [0.4, 0.5) is 0 Å². The zero-order chi connectivity index (χ0) is 11.2. The standard InChI is InChI=1S/C10H22.C2H2S3/c1-3-5-7-9-10-8-6-4-2;1-2-4-5-3-1/h3-10H2,1-2H3;1-2H. The van der Waals surface area contributed by atoms with Crippen molar-refractivity contribution in [1.29, 1.82) is 0 Å². The van der Waals surface area contributed by atoms with Crippen LogP contribution in [0.2, 0.25) is 0 Å². The number of unbranched alkanes of at least 4 members (excludes halogenated alkanes) is 7. The van der Waals surface area contributed by atoms with E-state index in [1.165, 1.54) is 51.4 Å². The highest BCUT2D eigenvalue weighted by atomic mass is 33.5. The monoisotopic (exact) mass is 264 g/mol. The Hall–Kier alpha value is 0.790. The molecule has 0 aromatic carbocycles. The summed E-state index contributed by atoms with van der Waals surface area (Å²) in [6.45, 7) is 4.54. The van der Waals surface area contributed by atoms with Crippen molar-refractivity contribution in [2.24, 2.45) is 0 Å². The third-order valence-corrected chi connectivity index (χ3v) is 5.58. The summed E-state index contributed by atoms with van der Waals surface area (Å²) in [5, 5.41) is 4.16. The van der Waals surface area contributed by atoms with Crippen molar-refractivity contribution in [2.75, 3.05) is 0 Å². The van der Waals surface area contributed by atoms with Gasteiger partial charge in [0.05, 0.1) is 0 Å². The van der Waals surface area contributed by atoms with Gasteiger partial charge in [0.15, 0.2) is 0 Å². The topological polar surface area (TPSA) is 0 Å². The normalized spacial score (nSPS) is 13.7. The maximum atomic E-state index is 2.27. The Morgan fingerprint density at radius 3 is 1.33 bits per heavy atom. The summed E-state index contributed by atoms with van der Waals surface area (Å²) in [5.41, 5.74) is 0. The van der Waals surface area contributed by atoms with E-state index in [1.807, 2.05) is 0 Å². The molecule has 1 rings (SSSR count). The molecule has 0 bridgehead atoms. The first-order valence-corrected chi connectivity index (χ1v) is 9.66. The lowest BCUT2D eigenvalue weighted by Gasteiger charge is -1.97. The molecule has 0 radical (unpaired) electrons. The van der Waals surface area contributed by atoms with Gasteiger partial charge in [-0.15, -0.1) is 0 Å². The molecule has 0 saturated carbocycles. The molecule has 1 aliphatic rings. The van der Waals surface area contributed by atoms with Crippen molar-refractivity contribution >= 4 is 31.4 Å². The average Bonchev–Trinajstić information content (AvgIpc) is 2.82. The van der Waals surface area contributed by atoms with Crippen LogP contribution in [-0.4, -0.2) is 0 Å². The first kappa shape index (κ1) is 15.8. The highest BCUT2D eigenvalue weighted by Crippen LogP contribution is 2.42. The van der Waals surface area contributed by atoms with E-state index < -0.39 is 0 Å². The van der Waals surface area contributed by atoms with Gasteiger partial charge in [0.2, 0.25) is 0 Å². The molecule has 1 heterocycles. The van der Waals surface area contributed by atoms with Gasteiger partial charge >= 0.3 is 0 Å². The number of hydrogen-bond acceptors (Lipinski definition) is 3. The second kappa shape index (κ2) is 14.8. The van der Waals surface area contributed by atoms with Gasteiger partial charge in [-0.1, -0.05) is 86.8 Å². The third kappa shape index (κ3) is 14.8. The fourth-order valence-corrected chi connectivity index (χ4v) is 4.27. The van der Waals surface area contributed by atoms with Crippen LogP contribution in [0.3, 0.4) is 0 Å². The van der Waals surface area contributed by atoms with E-state index in [9.17, 15) is 0 Å². The quantitative estimate of drug-likeness (QED) is 0.373. The molecule has 0 atom stereocenters. The highest BCUT2D eigenvalue weighted by Gasteiger charge is 1.88. The first-order valence-electron chi connectivity index (χ1n) is 6.05. The summed E-state index contributed by atoms with van der Waals surface area (Å²) in [4.78, 5) is 0. The van der Waals surface area contributed by atoms with Crippen LogP contribution in [0.15, 0.2) is 10.8 Å². The summed E-state index contributed by atoms with van der Waals surface area (Å²) in [5.74, 6) is 0. The molecule has 0 fully saturated rings. The number of rotatable bonds is 7. The van der Waals surface area contributed by atoms with Gasteiger partial charge < -0.3 is 0 Å². The second-order valence-electron chi connectivity index (χ2n) is 3.65. The van der Waals surface area contributed by atoms with E-state index in [0.717, 1.165) is 0 Å². The van der Waals surface area contributed by atoms with E-state index in [4.69, 9.17) is 0 Å². The first-order chi connectivity index (χ1) is 7.41. The molecule has 1 aliphatic heterocycles. The molecule has 0 amide bonds. The molecular formula is C12H24S3. The Labute approximate surface area is 107 Å². The third-order valence-electron chi connectivity index (χ3n) is 2.20. The van der Waals surface area contributed by atoms with Crippen molar-refractivity contribution in [2.45, 2.75) is 65.2 Å². The lowest BCUT2D eigenvalue weighted by atomic mass is 10.1. The summed E-state index contributed by atoms with van der Waals surface area (Å²) in [6.07, 6.45) is 11.5. The van der Waals surface area contributed by atoms with Crippen LogP contribution in [-0.2, 0) is 0 Å². The minimum absolute atomic E-state index is 1.37. The smallest absolute Gasteiger partial charge is 0.0101 e. The molecule has 0 aromatic rings. The Bertz CT molecular complexity index is 121. The molecule has 0 N–H and O–H groups in total. The van der Waals surface area contributed by atoms with Gasteiger partial charge in [-0.2, -0.15) is 0 Å². The molecule has 90 valence electrons. The van der Waals surface area contributed by atoms with Crippen molar-refractivity contribution in [1.82, 2.24) is 0 Å². The van der Waals surface area contributed by atoms with Crippen LogP contribution in [0.1, 0.15) is 65.2 Å². The molecular weight excluding hydrogens is 240 g/mol. The zero-order valence-corrected chi connectivity index (χ0v) is 12.5. The lowest BCUT2D eigenvalue weighted by Crippen LogP contribution is -1.77. The molecule has 0 spiro atoms. The van der Waals surface area contributed by atoms with E-state index in [2.05, 4.69) is 24.7 Å². The van der Waals surface area contributed by atoms with Crippen LogP contribution in [0.5, 0.6) is 0 Å². The molecule has 0 aromatic heterocycles. The fourth-order valence-electron chi connectivity index (χ4n) is 1.32. The van der Waals surface area contributed by atoms with Gasteiger partial charge in [-0.25, -0.2) is 0 Å². The summed E-state index contributed by atoms with van der Waals surface area (Å²) in [6, 6.07) is 0. The Morgan fingerprint density at radius 1 is 0.667 bits per heavy atom. The van der Waals surface area contributed by atoms with Crippen molar-refractivity contribution < 1.29 is 0 Å². The summed E-state index contributed by atoms with van der Waals surface area (Å²) < 4.78 is 0. The lowest BCUT2D eigenvalue weighted by molar-refractivity contribution is 0.585. The highest BCUT2D eigenvalue weighted by molar-refractivity contribution is 9.11. The van der Waals surface area contributed by atoms with Gasteiger partial charge in [0, 0.05) is 0 Å². The Morgan fingerprint density at radius 2 is 1.07 bits per heavy atom. The maximum absolute atomic E-state index is 2.27. The fraction of sp³-hybridized carbons (Fsp3) is 0.833. The average molecular weight is 265 g/mol. The molecule has 3 heteroatoms. The van der Waals surface area contributed by atoms with Crippen LogP contribution >= 0.6 is 31.4 Å². The van der Waals surface area contributed by atoms with Gasteiger partial charge in [-0.3, -0.25) is 0 Å². The van der Waals surface area contributed by atoms with E-state index in [-0.39, 0.29) is 0 Å². The SMILES string of the molecule is C1=CSSS1.CCCCCCCCCC. The Kier molecular flexibility index (Phi) is 15.6. The summed E-state index contributed by atoms with van der Waals surface area (Å²) >= 11 is 0. The molecule has 0 unspecified atom stereocenters. The molecule has 0 aliphatic carbocycles. The zero-order valence-electron chi connectivity index (χ0n) is 10.0. The van der Waals surface area contributed by atoms with Crippen molar-refractivity contribution in [3.63, 3.8) is 0 Å². The second-order valence-corrected chi connectivity index (χ2v) is 7.51. The summed E-state index contributed by atoms with van der Waals surface area (Å²) in [7, 11) is 5.34. The van der Waals surface area contributed by atoms with Crippen LogP contribution in [0.25, 0.3) is 0 Å². The molecule has 15 heavy (non-hydrogen) atoms. The maximum Gasteiger partial charge on any atom is -0.0101 e. The van der Waals surface area contributed by atoms with Crippen LogP contribution in [0, 0.1) is 0 Å². The predicted octanol–water partition coefficient (Wildman–Crippen LogP) is 6.65. The molecule has 0 saturated heterocycles. The minimum atomic E-state index is 1.37. The van der Waals surface area contributed by atoms with Crippen molar-refractivity contribution in [3.05, 3.63) is 10.8 Å². The predicted molar refractivity (Wildman–Crippen MR) is 80.2 cm³/mol. The van der Waals surface area contributed by atoms with E-state index in [0.29, 0.717) is 0 Å².